The van der Waals surface area contributed by atoms with E-state index in [1.54, 1.807) is 0 Å². The van der Waals surface area contributed by atoms with E-state index in [4.69, 9.17) is 0 Å². The molecule has 0 N–H and O–H groups in total. The third-order valence-corrected chi connectivity index (χ3v) is 4.02. The Morgan fingerprint density at radius 3 is 2.56 bits per heavy atom. The highest BCUT2D eigenvalue weighted by Crippen LogP contribution is 2.23. The highest BCUT2D eigenvalue weighted by molar-refractivity contribution is 5.72. The molecule has 1 aliphatic carbocycles. The summed E-state index contributed by atoms with van der Waals surface area (Å²) in [5, 5.41) is 0. The first-order valence-corrected chi connectivity index (χ1v) is 8.56. The lowest BCUT2D eigenvalue weighted by molar-refractivity contribution is 0.932. The number of pyridine rings is 1. The van der Waals surface area contributed by atoms with Gasteiger partial charge in [0.05, 0.1) is 5.69 Å². The predicted octanol–water partition coefficient (Wildman–Crippen LogP) is 4.95. The van der Waals surface area contributed by atoms with Gasteiger partial charge in [0.2, 0.25) is 0 Å². The van der Waals surface area contributed by atoms with Gasteiger partial charge in [-0.2, -0.15) is 0 Å². The highest BCUT2D eigenvalue weighted by atomic mass is 15.0. The van der Waals surface area contributed by atoms with Gasteiger partial charge >= 0.3 is 0 Å². The molecular weight excluding hydrogens is 308 g/mol. The van der Waals surface area contributed by atoms with E-state index in [0.717, 1.165) is 46.9 Å². The topological polar surface area (TPSA) is 51.6 Å². The molecule has 0 atom stereocenters. The summed E-state index contributed by atoms with van der Waals surface area (Å²) < 4.78 is 0. The predicted molar refractivity (Wildman–Crippen MR) is 103 cm³/mol. The maximum absolute atomic E-state index is 4.67. The van der Waals surface area contributed by atoms with Gasteiger partial charge in [0, 0.05) is 11.8 Å². The van der Waals surface area contributed by atoms with Gasteiger partial charge in [-0.05, 0) is 56.9 Å². The lowest BCUT2D eigenvalue weighted by Crippen LogP contribution is -2.03. The lowest BCUT2D eigenvalue weighted by Gasteiger charge is -2.10. The van der Waals surface area contributed by atoms with Crippen LogP contribution in [0.5, 0.6) is 0 Å². The maximum atomic E-state index is 4.67. The minimum Gasteiger partial charge on any atom is -0.256 e. The quantitative estimate of drug-likeness (QED) is 0.744. The Hall–Kier alpha value is -2.88. The zero-order valence-electron chi connectivity index (χ0n) is 14.9. The second-order valence-corrected chi connectivity index (χ2v) is 5.86. The van der Waals surface area contributed by atoms with Crippen molar-refractivity contribution in [2.75, 3.05) is 0 Å². The molecule has 3 rings (SSSR count). The molecule has 0 unspecified atom stereocenters. The fraction of sp³-hybridized carbons (Fsp3) is 0.238. The van der Waals surface area contributed by atoms with Crippen LogP contribution in [0.2, 0.25) is 0 Å². The first-order chi connectivity index (χ1) is 12.2. The normalized spacial score (nSPS) is 14.8. The van der Waals surface area contributed by atoms with Crippen molar-refractivity contribution in [3.05, 3.63) is 72.1 Å². The summed E-state index contributed by atoms with van der Waals surface area (Å²) in [6, 6.07) is 4.02. The molecule has 0 fully saturated rings. The van der Waals surface area contributed by atoms with Gasteiger partial charge in [0.25, 0.3) is 0 Å². The molecule has 0 spiro atoms. The lowest BCUT2D eigenvalue weighted by atomic mass is 10.0. The van der Waals surface area contributed by atoms with Crippen LogP contribution in [0.4, 0.5) is 0 Å². The minimum atomic E-state index is 0.671. The molecule has 25 heavy (non-hydrogen) atoms. The summed E-state index contributed by atoms with van der Waals surface area (Å²) >= 11 is 0. The first-order valence-electron chi connectivity index (χ1n) is 8.56. The van der Waals surface area contributed by atoms with Crippen molar-refractivity contribution >= 4 is 11.1 Å². The summed E-state index contributed by atoms with van der Waals surface area (Å²) in [4.78, 5) is 18.2. The monoisotopic (exact) mass is 330 g/mol. The van der Waals surface area contributed by atoms with E-state index in [-0.39, 0.29) is 0 Å². The zero-order chi connectivity index (χ0) is 17.6. The Labute approximate surface area is 148 Å². The van der Waals surface area contributed by atoms with Crippen molar-refractivity contribution < 1.29 is 0 Å². The van der Waals surface area contributed by atoms with Crippen LogP contribution in [-0.4, -0.2) is 19.9 Å². The number of allylic oxidation sites excluding steroid dienone is 8. The largest absolute Gasteiger partial charge is 0.256 e. The van der Waals surface area contributed by atoms with Crippen molar-refractivity contribution in [2.24, 2.45) is 0 Å². The van der Waals surface area contributed by atoms with Crippen molar-refractivity contribution in [1.29, 1.82) is 0 Å². The molecule has 4 heteroatoms. The van der Waals surface area contributed by atoms with Gasteiger partial charge < -0.3 is 0 Å². The highest BCUT2D eigenvalue weighted by Gasteiger charge is 2.11. The summed E-state index contributed by atoms with van der Waals surface area (Å²) in [5.74, 6) is 2.16. The van der Waals surface area contributed by atoms with Crippen LogP contribution in [0.3, 0.4) is 0 Å². The molecule has 1 aliphatic rings. The van der Waals surface area contributed by atoms with Gasteiger partial charge in [0.1, 0.15) is 5.82 Å². The molecule has 0 aliphatic heterocycles. The summed E-state index contributed by atoms with van der Waals surface area (Å²) in [6.45, 7) is 5.92. The molecule has 0 bridgehead atoms. The number of nitrogens with zero attached hydrogens (tertiary/aromatic N) is 4. The molecule has 0 radical (unpaired) electrons. The van der Waals surface area contributed by atoms with Crippen molar-refractivity contribution in [3.8, 4) is 11.4 Å². The van der Waals surface area contributed by atoms with E-state index in [2.05, 4.69) is 50.3 Å². The van der Waals surface area contributed by atoms with Crippen LogP contribution in [0, 0.1) is 6.92 Å². The second-order valence-electron chi connectivity index (χ2n) is 5.86. The minimum absolute atomic E-state index is 0.671. The number of aryl methyl sites for hydroxylation is 1. The second kappa shape index (κ2) is 7.79. The average Bonchev–Trinajstić information content (AvgIpc) is 2.66. The Balaban J connectivity index is 1.95. The van der Waals surface area contributed by atoms with E-state index in [0.29, 0.717) is 5.82 Å². The summed E-state index contributed by atoms with van der Waals surface area (Å²) in [5.41, 5.74) is 4.10. The fourth-order valence-corrected chi connectivity index (χ4v) is 2.75. The van der Waals surface area contributed by atoms with E-state index < -0.39 is 0 Å². The molecule has 0 saturated heterocycles. The van der Waals surface area contributed by atoms with Crippen LogP contribution >= 0.6 is 0 Å². The van der Waals surface area contributed by atoms with Crippen LogP contribution < -0.4 is 0 Å². The Morgan fingerprint density at radius 1 is 1.08 bits per heavy atom. The first kappa shape index (κ1) is 17.0. The molecule has 0 amide bonds. The molecule has 0 aromatic carbocycles. The van der Waals surface area contributed by atoms with Crippen LogP contribution in [-0.2, 0) is 0 Å². The van der Waals surface area contributed by atoms with Crippen molar-refractivity contribution in [2.45, 2.75) is 33.6 Å². The Bertz CT molecular complexity index is 871. The fourth-order valence-electron chi connectivity index (χ4n) is 2.75. The third kappa shape index (κ3) is 3.97. The van der Waals surface area contributed by atoms with Crippen LogP contribution in [0.15, 0.2) is 54.8 Å². The van der Waals surface area contributed by atoms with Crippen molar-refractivity contribution in [1.82, 2.24) is 19.9 Å². The number of hydrogen-bond acceptors (Lipinski definition) is 4. The van der Waals surface area contributed by atoms with Gasteiger partial charge in [0.15, 0.2) is 11.6 Å². The van der Waals surface area contributed by atoms with Crippen LogP contribution in [0.1, 0.15) is 44.0 Å². The molecular formula is C21H22N4. The van der Waals surface area contributed by atoms with Crippen molar-refractivity contribution in [3.63, 3.8) is 0 Å². The standard InChI is InChI=1S/C21H22N4/c1-4-9-16(5-2)19-13-12-18(14-22-19)21-24-15(3)23-20(25-21)17-10-7-6-8-11-17/h4-7,9-10,12-14H,8,11H2,1-3H3/b9-4-,16-5+. The molecule has 2 aromatic rings. The van der Waals surface area contributed by atoms with E-state index in [1.807, 2.05) is 45.2 Å². The van der Waals surface area contributed by atoms with Gasteiger partial charge in [-0.25, -0.2) is 15.0 Å². The summed E-state index contributed by atoms with van der Waals surface area (Å²) in [6.07, 6.45) is 16.2. The van der Waals surface area contributed by atoms with Gasteiger partial charge in [-0.1, -0.05) is 36.5 Å². The van der Waals surface area contributed by atoms with Crippen LogP contribution in [0.25, 0.3) is 22.5 Å². The Kier molecular flexibility index (Phi) is 5.29. The SMILES string of the molecule is C/C=C\C(=C/C)c1ccc(-c2nc(C)nc(C3=CC=CCC3)n2)cn1. The van der Waals surface area contributed by atoms with Gasteiger partial charge in [-0.15, -0.1) is 0 Å². The average molecular weight is 330 g/mol. The number of hydrogen-bond donors (Lipinski definition) is 0. The van der Waals surface area contributed by atoms with E-state index >= 15 is 0 Å². The smallest absolute Gasteiger partial charge is 0.165 e. The number of rotatable bonds is 4. The molecule has 2 heterocycles. The Morgan fingerprint density at radius 2 is 1.92 bits per heavy atom. The molecule has 4 nitrogen and oxygen atoms in total. The third-order valence-electron chi connectivity index (χ3n) is 4.02. The van der Waals surface area contributed by atoms with E-state index in [9.17, 15) is 0 Å². The number of aromatic nitrogens is 4. The molecule has 0 saturated carbocycles. The zero-order valence-corrected chi connectivity index (χ0v) is 14.9. The van der Waals surface area contributed by atoms with E-state index in [1.165, 1.54) is 0 Å². The van der Waals surface area contributed by atoms with Gasteiger partial charge in [-0.3, -0.25) is 4.98 Å². The maximum Gasteiger partial charge on any atom is 0.165 e. The summed E-state index contributed by atoms with van der Waals surface area (Å²) in [7, 11) is 0. The molecule has 126 valence electrons. The molecule has 2 aromatic heterocycles.